The molecule has 0 spiro atoms. The molecule has 2 N–H and O–H groups in total. The molecule has 4 nitrogen and oxygen atoms in total. The molecular weight excluding hydrogens is 254 g/mol. The number of nitrogens with zero attached hydrogens (tertiary/aromatic N) is 1. The van der Waals surface area contributed by atoms with Crippen molar-refractivity contribution in [3.63, 3.8) is 0 Å². The van der Waals surface area contributed by atoms with E-state index in [4.69, 9.17) is 10.2 Å². The van der Waals surface area contributed by atoms with Crippen LogP contribution in [0.3, 0.4) is 0 Å². The van der Waals surface area contributed by atoms with Gasteiger partial charge in [0.05, 0.1) is 0 Å². The lowest BCUT2D eigenvalue weighted by Gasteiger charge is -2.16. The van der Waals surface area contributed by atoms with Gasteiger partial charge in [0.1, 0.15) is 0 Å². The van der Waals surface area contributed by atoms with Gasteiger partial charge in [-0.15, -0.1) is 0 Å². The maximum Gasteiger partial charge on any atom is 0.328 e. The molecule has 0 unspecified atom stereocenters. The number of carbonyl (C=O) groups is 1. The van der Waals surface area contributed by atoms with Crippen molar-refractivity contribution >= 4 is 12.0 Å². The van der Waals surface area contributed by atoms with E-state index >= 15 is 0 Å². The van der Waals surface area contributed by atoms with Crippen LogP contribution in [0.1, 0.15) is 30.4 Å². The Labute approximate surface area is 120 Å². The number of aliphatic carboxylic acids is 1. The first-order valence-electron chi connectivity index (χ1n) is 6.91. The fourth-order valence-corrected chi connectivity index (χ4v) is 1.96. The molecule has 20 heavy (non-hydrogen) atoms. The van der Waals surface area contributed by atoms with Crippen LogP contribution in [0.4, 0.5) is 0 Å². The molecule has 110 valence electrons. The van der Waals surface area contributed by atoms with E-state index in [1.54, 1.807) is 6.08 Å². The summed E-state index contributed by atoms with van der Waals surface area (Å²) in [5.74, 6) is -0.934. The minimum atomic E-state index is -0.934. The third-order valence-electron chi connectivity index (χ3n) is 3.05. The highest BCUT2D eigenvalue weighted by Gasteiger charge is 2.00. The van der Waals surface area contributed by atoms with Crippen LogP contribution in [0, 0.1) is 0 Å². The third kappa shape index (κ3) is 7.07. The molecule has 0 aliphatic heterocycles. The van der Waals surface area contributed by atoms with E-state index in [2.05, 4.69) is 11.9 Å². The van der Waals surface area contributed by atoms with Gasteiger partial charge in [0.15, 0.2) is 0 Å². The Hall–Kier alpha value is -1.65. The highest BCUT2D eigenvalue weighted by Crippen LogP contribution is 2.09. The lowest BCUT2D eigenvalue weighted by Crippen LogP contribution is -2.19. The van der Waals surface area contributed by atoms with Crippen molar-refractivity contribution in [2.75, 3.05) is 20.2 Å². The molecule has 1 aromatic rings. The second-order valence-electron chi connectivity index (χ2n) is 4.94. The Balaban J connectivity index is 2.38. The van der Waals surface area contributed by atoms with Crippen molar-refractivity contribution in [2.45, 2.75) is 25.8 Å². The molecule has 0 bridgehead atoms. The van der Waals surface area contributed by atoms with Gasteiger partial charge in [-0.05, 0) is 50.1 Å². The second-order valence-corrected chi connectivity index (χ2v) is 4.94. The molecule has 0 aromatic heterocycles. The Morgan fingerprint density at radius 1 is 1.20 bits per heavy atom. The summed E-state index contributed by atoms with van der Waals surface area (Å²) in [5.41, 5.74) is 2.10. The third-order valence-corrected chi connectivity index (χ3v) is 3.05. The zero-order valence-corrected chi connectivity index (χ0v) is 12.0. The summed E-state index contributed by atoms with van der Waals surface area (Å²) in [7, 11) is 2.08. The Kier molecular flexibility index (Phi) is 7.62. The molecule has 1 aromatic carbocycles. The van der Waals surface area contributed by atoms with E-state index in [1.807, 2.05) is 24.3 Å². The molecule has 1 rings (SSSR count). The summed E-state index contributed by atoms with van der Waals surface area (Å²) < 4.78 is 0. The van der Waals surface area contributed by atoms with E-state index in [1.165, 1.54) is 5.56 Å². The standard InChI is InChI=1S/C16H23NO3/c1-17(11-3-2-4-12-18)13-15-7-5-14(6-8-15)9-10-16(19)20/h5-10,18H,2-4,11-13H2,1H3,(H,19,20)/b10-9+. The number of aliphatic hydroxyl groups is 1. The Morgan fingerprint density at radius 3 is 2.50 bits per heavy atom. The maximum absolute atomic E-state index is 10.4. The van der Waals surface area contributed by atoms with Gasteiger partial charge in [0.25, 0.3) is 0 Å². The van der Waals surface area contributed by atoms with Crippen LogP contribution in [0.15, 0.2) is 30.3 Å². The molecule has 0 saturated carbocycles. The van der Waals surface area contributed by atoms with Crippen LogP contribution in [0.2, 0.25) is 0 Å². The minimum Gasteiger partial charge on any atom is -0.478 e. The van der Waals surface area contributed by atoms with Crippen LogP contribution in [0.5, 0.6) is 0 Å². The molecule has 0 heterocycles. The number of unbranched alkanes of at least 4 members (excludes halogenated alkanes) is 2. The number of benzene rings is 1. The molecule has 0 saturated heterocycles. The largest absolute Gasteiger partial charge is 0.478 e. The first kappa shape index (κ1) is 16.4. The van der Waals surface area contributed by atoms with Crippen molar-refractivity contribution < 1.29 is 15.0 Å². The number of hydrogen-bond acceptors (Lipinski definition) is 3. The van der Waals surface area contributed by atoms with E-state index < -0.39 is 5.97 Å². The summed E-state index contributed by atoms with van der Waals surface area (Å²) in [6.07, 6.45) is 5.75. The molecule has 0 radical (unpaired) electrons. The summed E-state index contributed by atoms with van der Waals surface area (Å²) in [6.45, 7) is 2.16. The smallest absolute Gasteiger partial charge is 0.328 e. The van der Waals surface area contributed by atoms with E-state index in [0.717, 1.165) is 44.0 Å². The molecule has 0 aliphatic rings. The molecule has 0 fully saturated rings. The fraction of sp³-hybridized carbons (Fsp3) is 0.438. The van der Waals surface area contributed by atoms with Gasteiger partial charge in [-0.3, -0.25) is 0 Å². The van der Waals surface area contributed by atoms with Crippen molar-refractivity contribution in [2.24, 2.45) is 0 Å². The second kappa shape index (κ2) is 9.28. The highest BCUT2D eigenvalue weighted by atomic mass is 16.4. The monoisotopic (exact) mass is 277 g/mol. The summed E-state index contributed by atoms with van der Waals surface area (Å²) >= 11 is 0. The molecule has 0 aliphatic carbocycles. The van der Waals surface area contributed by atoms with Crippen molar-refractivity contribution in [3.05, 3.63) is 41.5 Å². The Bertz CT molecular complexity index is 426. The average Bonchev–Trinajstić information content (AvgIpc) is 2.43. The van der Waals surface area contributed by atoms with Gasteiger partial charge in [0.2, 0.25) is 0 Å². The summed E-state index contributed by atoms with van der Waals surface area (Å²) in [4.78, 5) is 12.7. The number of aliphatic hydroxyl groups excluding tert-OH is 1. The normalized spacial score (nSPS) is 11.3. The topological polar surface area (TPSA) is 60.8 Å². The van der Waals surface area contributed by atoms with Gasteiger partial charge in [-0.2, -0.15) is 0 Å². The molecule has 4 heteroatoms. The number of rotatable bonds is 9. The van der Waals surface area contributed by atoms with Crippen LogP contribution in [0.25, 0.3) is 6.08 Å². The molecule has 0 atom stereocenters. The maximum atomic E-state index is 10.4. The van der Waals surface area contributed by atoms with Gasteiger partial charge >= 0.3 is 5.97 Å². The summed E-state index contributed by atoms with van der Waals surface area (Å²) in [6, 6.07) is 7.89. The number of carboxylic acid groups (broad SMARTS) is 1. The van der Waals surface area contributed by atoms with Gasteiger partial charge in [-0.1, -0.05) is 24.3 Å². The van der Waals surface area contributed by atoms with E-state index in [0.29, 0.717) is 0 Å². The van der Waals surface area contributed by atoms with Gasteiger partial charge in [0, 0.05) is 19.2 Å². The molecule has 0 amide bonds. The SMILES string of the molecule is CN(CCCCCO)Cc1ccc(/C=C/C(=O)O)cc1. The van der Waals surface area contributed by atoms with Crippen molar-refractivity contribution in [1.29, 1.82) is 0 Å². The number of carboxylic acids is 1. The lowest BCUT2D eigenvalue weighted by atomic mass is 10.1. The van der Waals surface area contributed by atoms with E-state index in [-0.39, 0.29) is 6.61 Å². The fourth-order valence-electron chi connectivity index (χ4n) is 1.96. The minimum absolute atomic E-state index is 0.273. The first-order chi connectivity index (χ1) is 9.61. The zero-order valence-electron chi connectivity index (χ0n) is 12.0. The predicted molar refractivity (Wildman–Crippen MR) is 80.4 cm³/mol. The van der Waals surface area contributed by atoms with Crippen LogP contribution >= 0.6 is 0 Å². The average molecular weight is 277 g/mol. The first-order valence-corrected chi connectivity index (χ1v) is 6.91. The molecular formula is C16H23NO3. The highest BCUT2D eigenvalue weighted by molar-refractivity contribution is 5.85. The predicted octanol–water partition coefficient (Wildman–Crippen LogP) is 2.38. The zero-order chi connectivity index (χ0) is 14.8. The quantitative estimate of drug-likeness (QED) is 0.537. The Morgan fingerprint density at radius 2 is 1.90 bits per heavy atom. The van der Waals surface area contributed by atoms with Crippen molar-refractivity contribution in [1.82, 2.24) is 4.90 Å². The number of hydrogen-bond donors (Lipinski definition) is 2. The van der Waals surface area contributed by atoms with Crippen LogP contribution in [-0.2, 0) is 11.3 Å². The lowest BCUT2D eigenvalue weighted by molar-refractivity contribution is -0.131. The van der Waals surface area contributed by atoms with Crippen LogP contribution < -0.4 is 0 Å². The summed E-state index contributed by atoms with van der Waals surface area (Å²) in [5, 5.41) is 17.3. The van der Waals surface area contributed by atoms with Gasteiger partial charge < -0.3 is 15.1 Å². The van der Waals surface area contributed by atoms with Gasteiger partial charge in [-0.25, -0.2) is 4.79 Å². The van der Waals surface area contributed by atoms with Crippen LogP contribution in [-0.4, -0.2) is 41.3 Å². The van der Waals surface area contributed by atoms with E-state index in [9.17, 15) is 4.79 Å². The van der Waals surface area contributed by atoms with Crippen molar-refractivity contribution in [3.8, 4) is 0 Å².